The molecule has 4 rings (SSSR count). The lowest BCUT2D eigenvalue weighted by molar-refractivity contribution is -0.0979. The van der Waals surface area contributed by atoms with E-state index in [9.17, 15) is 0 Å². The molecule has 0 atom stereocenters. The highest BCUT2D eigenvalue weighted by atomic mass is 35.5. The summed E-state index contributed by atoms with van der Waals surface area (Å²) in [7, 11) is 2.19. The van der Waals surface area contributed by atoms with E-state index in [4.69, 9.17) is 4.79 Å². The van der Waals surface area contributed by atoms with Crippen LogP contribution in [0, 0.1) is 0 Å². The molecular weight excluding hydrogens is 388 g/mol. The minimum atomic E-state index is 0. The molecule has 0 unspecified atom stereocenters. The number of piperidine rings is 2. The van der Waals surface area contributed by atoms with E-state index < -0.39 is 0 Å². The van der Waals surface area contributed by atoms with E-state index in [0.29, 0.717) is 0 Å². The molecule has 0 aliphatic carbocycles. The Hall–Kier alpha value is -0.860. The van der Waals surface area contributed by atoms with E-state index in [-0.39, 0.29) is 12.4 Å². The van der Waals surface area contributed by atoms with Crippen molar-refractivity contribution in [3.05, 3.63) is 33.2 Å². The largest absolute Gasteiger partial charge is 0.317 e. The van der Waals surface area contributed by atoms with Crippen LogP contribution >= 0.6 is 35.1 Å². The van der Waals surface area contributed by atoms with E-state index in [1.165, 1.54) is 48.8 Å². The molecule has 2 aromatic heterocycles. The fraction of sp³-hybridized carbons (Fsp3) is 0.611. The third-order valence-electron chi connectivity index (χ3n) is 4.66. The lowest BCUT2D eigenvalue weighted by Gasteiger charge is -2.27. The molecule has 4 heterocycles. The average Bonchev–Trinajstić information content (AvgIpc) is 3.40. The van der Waals surface area contributed by atoms with Gasteiger partial charge in [-0.2, -0.15) is 0 Å². The van der Waals surface area contributed by atoms with Crippen LogP contribution in [0.15, 0.2) is 23.2 Å². The standard InChI is InChI=1S/C9H14N2S.C8H12N2S.CH2O.ClH/c1-11-5-2-8(3-6-11)9-10-4-7-12-9;1-3-9-4-2-7(1)8-10-5-6-11-8;1-2;/h4,7-8H,2-3,5-6H2,1H3;5-7,9H,1-4H2;1H2;1H. The van der Waals surface area contributed by atoms with Crippen molar-refractivity contribution in [2.24, 2.45) is 0 Å². The summed E-state index contributed by atoms with van der Waals surface area (Å²) in [6.07, 6.45) is 8.90. The van der Waals surface area contributed by atoms with Crippen LogP contribution in [-0.4, -0.2) is 54.9 Å². The van der Waals surface area contributed by atoms with Crippen molar-refractivity contribution in [3.8, 4) is 0 Å². The van der Waals surface area contributed by atoms with Gasteiger partial charge in [0.2, 0.25) is 0 Å². The molecule has 2 aliphatic rings. The highest BCUT2D eigenvalue weighted by Gasteiger charge is 2.19. The van der Waals surface area contributed by atoms with Gasteiger partial charge in [-0.1, -0.05) is 0 Å². The van der Waals surface area contributed by atoms with Gasteiger partial charge in [-0.25, -0.2) is 9.97 Å². The van der Waals surface area contributed by atoms with E-state index >= 15 is 0 Å². The molecule has 0 radical (unpaired) electrons. The Balaban J connectivity index is 0.000000230. The van der Waals surface area contributed by atoms with Gasteiger partial charge < -0.3 is 15.0 Å². The van der Waals surface area contributed by atoms with Gasteiger partial charge >= 0.3 is 0 Å². The van der Waals surface area contributed by atoms with Crippen molar-refractivity contribution in [2.75, 3.05) is 33.2 Å². The van der Waals surface area contributed by atoms with Crippen molar-refractivity contribution >= 4 is 41.9 Å². The summed E-state index contributed by atoms with van der Waals surface area (Å²) in [5.74, 6) is 1.47. The van der Waals surface area contributed by atoms with Gasteiger partial charge in [-0.15, -0.1) is 35.1 Å². The molecule has 2 fully saturated rings. The minimum Gasteiger partial charge on any atom is -0.317 e. The highest BCUT2D eigenvalue weighted by molar-refractivity contribution is 7.09. The van der Waals surface area contributed by atoms with Crippen LogP contribution in [0.1, 0.15) is 47.5 Å². The minimum absolute atomic E-state index is 0. The maximum absolute atomic E-state index is 8.00. The normalized spacial score (nSPS) is 18.7. The van der Waals surface area contributed by atoms with E-state index in [1.54, 1.807) is 22.7 Å². The van der Waals surface area contributed by atoms with Crippen molar-refractivity contribution < 1.29 is 4.79 Å². The molecule has 0 spiro atoms. The second-order valence-electron chi connectivity index (χ2n) is 6.34. The van der Waals surface area contributed by atoms with Crippen molar-refractivity contribution in [2.45, 2.75) is 37.5 Å². The van der Waals surface area contributed by atoms with Gasteiger partial charge in [-0.05, 0) is 58.9 Å². The number of nitrogens with one attached hydrogen (secondary N) is 1. The smallest absolute Gasteiger partial charge is 0.106 e. The maximum atomic E-state index is 8.00. The molecule has 0 bridgehead atoms. The molecule has 2 saturated heterocycles. The van der Waals surface area contributed by atoms with Crippen LogP contribution in [-0.2, 0) is 4.79 Å². The van der Waals surface area contributed by atoms with Gasteiger partial charge in [0.05, 0.1) is 10.0 Å². The first-order chi connectivity index (χ1) is 12.3. The number of hydrogen-bond acceptors (Lipinski definition) is 7. The monoisotopic (exact) mass is 416 g/mol. The average molecular weight is 417 g/mol. The molecule has 0 amide bonds. The van der Waals surface area contributed by atoms with E-state index in [2.05, 4.69) is 38.0 Å². The van der Waals surface area contributed by atoms with Crippen LogP contribution in [0.25, 0.3) is 0 Å². The fourth-order valence-corrected chi connectivity index (χ4v) is 4.82. The predicted octanol–water partition coefficient (Wildman–Crippen LogP) is 3.80. The number of carbonyl (C=O) groups is 1. The predicted molar refractivity (Wildman–Crippen MR) is 113 cm³/mol. The Morgan fingerprint density at radius 2 is 1.42 bits per heavy atom. The first-order valence-electron chi connectivity index (χ1n) is 8.80. The number of halogens is 1. The topological polar surface area (TPSA) is 58.1 Å². The lowest BCUT2D eigenvalue weighted by Crippen LogP contribution is -2.29. The number of carbonyl (C=O) groups excluding carboxylic acids is 1. The summed E-state index contributed by atoms with van der Waals surface area (Å²) >= 11 is 3.59. The molecule has 26 heavy (non-hydrogen) atoms. The van der Waals surface area contributed by atoms with Crippen LogP contribution in [0.3, 0.4) is 0 Å². The quantitative estimate of drug-likeness (QED) is 0.806. The Morgan fingerprint density at radius 1 is 0.962 bits per heavy atom. The zero-order valence-electron chi connectivity index (χ0n) is 15.3. The molecule has 0 saturated carbocycles. The van der Waals surface area contributed by atoms with Crippen molar-refractivity contribution in [3.63, 3.8) is 0 Å². The molecule has 1 N–H and O–H groups in total. The first-order valence-corrected chi connectivity index (χ1v) is 10.6. The number of rotatable bonds is 2. The van der Waals surface area contributed by atoms with Gasteiger partial charge in [0, 0.05) is 35.0 Å². The third kappa shape index (κ3) is 7.40. The van der Waals surface area contributed by atoms with Crippen LogP contribution in [0.2, 0.25) is 0 Å². The van der Waals surface area contributed by atoms with Gasteiger partial charge in [0.15, 0.2) is 0 Å². The summed E-state index contributed by atoms with van der Waals surface area (Å²) in [6.45, 7) is 6.77. The first kappa shape index (κ1) is 23.2. The van der Waals surface area contributed by atoms with Crippen molar-refractivity contribution in [1.29, 1.82) is 0 Å². The summed E-state index contributed by atoms with van der Waals surface area (Å²) < 4.78 is 0. The van der Waals surface area contributed by atoms with Crippen LogP contribution < -0.4 is 5.32 Å². The Kier molecular flexibility index (Phi) is 11.9. The van der Waals surface area contributed by atoms with Gasteiger partial charge in [0.25, 0.3) is 0 Å². The van der Waals surface area contributed by atoms with Crippen LogP contribution in [0.5, 0.6) is 0 Å². The Labute approximate surface area is 170 Å². The summed E-state index contributed by atoms with van der Waals surface area (Å²) in [4.78, 5) is 19.1. The highest BCUT2D eigenvalue weighted by Crippen LogP contribution is 2.28. The zero-order valence-corrected chi connectivity index (χ0v) is 17.8. The lowest BCUT2D eigenvalue weighted by atomic mass is 9.98. The van der Waals surface area contributed by atoms with Gasteiger partial charge in [-0.3, -0.25) is 0 Å². The SMILES string of the molecule is C=O.CN1CCC(c2nccs2)CC1.Cl.c1csc(C2CCNCC2)n1. The number of likely N-dealkylation sites (tertiary alicyclic amines) is 1. The molecule has 2 aromatic rings. The fourth-order valence-electron chi connectivity index (χ4n) is 3.20. The number of thiazole rings is 2. The molecule has 0 aromatic carbocycles. The molecular formula is C18H29ClN4OS2. The zero-order chi connectivity index (χ0) is 17.9. The molecule has 8 heteroatoms. The number of nitrogens with zero attached hydrogens (tertiary/aromatic N) is 3. The number of aromatic nitrogens is 2. The number of hydrogen-bond donors (Lipinski definition) is 1. The Bertz CT molecular complexity index is 554. The summed E-state index contributed by atoms with van der Waals surface area (Å²) in [6, 6.07) is 0. The third-order valence-corrected chi connectivity index (χ3v) is 6.54. The second kappa shape index (κ2) is 13.3. The van der Waals surface area contributed by atoms with E-state index in [0.717, 1.165) is 24.9 Å². The Morgan fingerprint density at radius 3 is 1.85 bits per heavy atom. The molecule has 5 nitrogen and oxygen atoms in total. The summed E-state index contributed by atoms with van der Waals surface area (Å²) in [5, 5.41) is 10.2. The maximum Gasteiger partial charge on any atom is 0.106 e. The van der Waals surface area contributed by atoms with E-state index in [1.807, 2.05) is 19.2 Å². The van der Waals surface area contributed by atoms with Crippen LogP contribution in [0.4, 0.5) is 0 Å². The van der Waals surface area contributed by atoms with Gasteiger partial charge in [0.1, 0.15) is 6.79 Å². The second-order valence-corrected chi connectivity index (χ2v) is 8.19. The molecule has 2 aliphatic heterocycles. The summed E-state index contributed by atoms with van der Waals surface area (Å²) in [5.41, 5.74) is 0. The molecule has 146 valence electrons. The van der Waals surface area contributed by atoms with Crippen molar-refractivity contribution in [1.82, 2.24) is 20.2 Å².